The van der Waals surface area contributed by atoms with Gasteiger partial charge in [-0.15, -0.1) is 0 Å². The molecule has 104 valence electrons. The lowest BCUT2D eigenvalue weighted by molar-refractivity contribution is -0.139. The molecule has 0 radical (unpaired) electrons. The maximum Gasteiger partial charge on any atom is 0.326 e. The summed E-state index contributed by atoms with van der Waals surface area (Å²) in [6.45, 7) is 4.21. The summed E-state index contributed by atoms with van der Waals surface area (Å²) in [7, 11) is 0. The molecule has 0 saturated heterocycles. The molecule has 1 aromatic carbocycles. The average molecular weight is 264 g/mol. The number of carboxylic acids is 1. The van der Waals surface area contributed by atoms with Gasteiger partial charge in [0.05, 0.1) is 0 Å². The highest BCUT2D eigenvalue weighted by Crippen LogP contribution is 2.03. The highest BCUT2D eigenvalue weighted by molar-refractivity contribution is 5.82. The number of carbonyl (C=O) groups is 2. The van der Waals surface area contributed by atoms with Gasteiger partial charge in [-0.05, 0) is 25.3 Å². The molecular weight excluding hydrogens is 244 g/mol. The van der Waals surface area contributed by atoms with E-state index < -0.39 is 18.0 Å². The summed E-state index contributed by atoms with van der Waals surface area (Å²) in [4.78, 5) is 22.2. The first-order valence-corrected chi connectivity index (χ1v) is 6.35. The molecule has 0 aliphatic carbocycles. The molecular formula is C14H20N2O3. The largest absolute Gasteiger partial charge is 0.480 e. The van der Waals surface area contributed by atoms with Crippen molar-refractivity contribution in [1.82, 2.24) is 10.6 Å². The van der Waals surface area contributed by atoms with Gasteiger partial charge in [-0.25, -0.2) is 9.59 Å². The highest BCUT2D eigenvalue weighted by Gasteiger charge is 2.16. The van der Waals surface area contributed by atoms with Crippen molar-refractivity contribution >= 4 is 12.0 Å². The van der Waals surface area contributed by atoms with Gasteiger partial charge in [0.1, 0.15) is 6.04 Å². The quantitative estimate of drug-likeness (QED) is 0.731. The van der Waals surface area contributed by atoms with Crippen LogP contribution in [0, 0.1) is 6.92 Å². The van der Waals surface area contributed by atoms with E-state index in [1.54, 1.807) is 6.92 Å². The molecule has 0 heterocycles. The van der Waals surface area contributed by atoms with Gasteiger partial charge in [-0.3, -0.25) is 0 Å². The van der Waals surface area contributed by atoms with Gasteiger partial charge >= 0.3 is 12.0 Å². The second-order valence-corrected chi connectivity index (χ2v) is 4.44. The van der Waals surface area contributed by atoms with Crippen molar-refractivity contribution in [1.29, 1.82) is 0 Å². The number of hydrogen-bond acceptors (Lipinski definition) is 2. The molecule has 5 heteroatoms. The van der Waals surface area contributed by atoms with Crippen LogP contribution in [-0.2, 0) is 11.2 Å². The molecule has 1 unspecified atom stereocenters. The van der Waals surface area contributed by atoms with Crippen LogP contribution in [0.5, 0.6) is 0 Å². The van der Waals surface area contributed by atoms with Gasteiger partial charge in [0.2, 0.25) is 0 Å². The summed E-state index contributed by atoms with van der Waals surface area (Å²) in [5.41, 5.74) is 2.32. The molecule has 0 aliphatic heterocycles. The number of aryl methyl sites for hydroxylation is 1. The van der Waals surface area contributed by atoms with Gasteiger partial charge in [0.15, 0.2) is 0 Å². The lowest BCUT2D eigenvalue weighted by Crippen LogP contribution is -2.46. The Morgan fingerprint density at radius 3 is 2.68 bits per heavy atom. The molecule has 1 rings (SSSR count). The Labute approximate surface area is 113 Å². The maximum absolute atomic E-state index is 11.5. The van der Waals surface area contributed by atoms with E-state index in [0.717, 1.165) is 12.0 Å². The molecule has 0 aromatic heterocycles. The van der Waals surface area contributed by atoms with Crippen molar-refractivity contribution in [2.24, 2.45) is 0 Å². The molecule has 1 atom stereocenters. The molecule has 0 spiro atoms. The van der Waals surface area contributed by atoms with E-state index in [1.165, 1.54) is 5.56 Å². The number of benzene rings is 1. The van der Waals surface area contributed by atoms with E-state index in [2.05, 4.69) is 16.7 Å². The van der Waals surface area contributed by atoms with Crippen LogP contribution in [0.2, 0.25) is 0 Å². The first kappa shape index (κ1) is 15.0. The monoisotopic (exact) mass is 264 g/mol. The van der Waals surface area contributed by atoms with E-state index in [4.69, 9.17) is 5.11 Å². The molecule has 1 aromatic rings. The minimum atomic E-state index is -1.02. The number of amides is 2. The van der Waals surface area contributed by atoms with Crippen LogP contribution in [0.15, 0.2) is 24.3 Å². The van der Waals surface area contributed by atoms with Crippen molar-refractivity contribution in [2.45, 2.75) is 32.7 Å². The van der Waals surface area contributed by atoms with Crippen molar-refractivity contribution < 1.29 is 14.7 Å². The fourth-order valence-corrected chi connectivity index (χ4v) is 1.74. The standard InChI is InChI=1S/C14H20N2O3/c1-3-12(13(17)18)16-14(19)15-8-7-11-6-4-5-10(2)9-11/h4-6,9,12H,3,7-8H2,1-2H3,(H,17,18)(H2,15,16,19). The first-order valence-electron chi connectivity index (χ1n) is 6.35. The number of aliphatic carboxylic acids is 1. The Kier molecular flexibility index (Phi) is 5.85. The zero-order chi connectivity index (χ0) is 14.3. The fraction of sp³-hybridized carbons (Fsp3) is 0.429. The van der Waals surface area contributed by atoms with Crippen LogP contribution in [-0.4, -0.2) is 29.7 Å². The van der Waals surface area contributed by atoms with Gasteiger partial charge in [-0.1, -0.05) is 36.8 Å². The Bertz CT molecular complexity index is 446. The molecule has 2 amide bonds. The molecule has 3 N–H and O–H groups in total. The van der Waals surface area contributed by atoms with E-state index in [-0.39, 0.29) is 0 Å². The van der Waals surface area contributed by atoms with Crippen molar-refractivity contribution in [3.05, 3.63) is 35.4 Å². The van der Waals surface area contributed by atoms with Crippen molar-refractivity contribution in [3.63, 3.8) is 0 Å². The molecule has 5 nitrogen and oxygen atoms in total. The number of nitrogens with one attached hydrogen (secondary N) is 2. The van der Waals surface area contributed by atoms with Gasteiger partial charge in [0, 0.05) is 6.54 Å². The van der Waals surface area contributed by atoms with Crippen molar-refractivity contribution in [2.75, 3.05) is 6.54 Å². The normalized spacial score (nSPS) is 11.7. The predicted molar refractivity (Wildman–Crippen MR) is 73.1 cm³/mol. The zero-order valence-electron chi connectivity index (χ0n) is 11.3. The smallest absolute Gasteiger partial charge is 0.326 e. The van der Waals surface area contributed by atoms with Gasteiger partial charge < -0.3 is 15.7 Å². The first-order chi connectivity index (χ1) is 9.02. The third-order valence-electron chi connectivity index (χ3n) is 2.79. The topological polar surface area (TPSA) is 78.4 Å². The van der Waals surface area contributed by atoms with Crippen LogP contribution in [0.4, 0.5) is 4.79 Å². The lowest BCUT2D eigenvalue weighted by Gasteiger charge is -2.13. The number of carbonyl (C=O) groups excluding carboxylic acids is 1. The maximum atomic E-state index is 11.5. The summed E-state index contributed by atoms with van der Waals surface area (Å²) in [5.74, 6) is -1.02. The Hall–Kier alpha value is -2.04. The molecule has 0 saturated carbocycles. The summed E-state index contributed by atoms with van der Waals surface area (Å²) < 4.78 is 0. The van der Waals surface area contributed by atoms with E-state index in [9.17, 15) is 9.59 Å². The van der Waals surface area contributed by atoms with Gasteiger partial charge in [-0.2, -0.15) is 0 Å². The minimum absolute atomic E-state index is 0.362. The predicted octanol–water partition coefficient (Wildman–Crippen LogP) is 1.70. The minimum Gasteiger partial charge on any atom is -0.480 e. The van der Waals surface area contributed by atoms with Crippen LogP contribution < -0.4 is 10.6 Å². The third kappa shape index (κ3) is 5.42. The highest BCUT2D eigenvalue weighted by atomic mass is 16.4. The molecule has 0 fully saturated rings. The van der Waals surface area contributed by atoms with Crippen LogP contribution in [0.1, 0.15) is 24.5 Å². The second-order valence-electron chi connectivity index (χ2n) is 4.44. The van der Waals surface area contributed by atoms with Gasteiger partial charge in [0.25, 0.3) is 0 Å². The van der Waals surface area contributed by atoms with E-state index in [0.29, 0.717) is 13.0 Å². The Balaban J connectivity index is 2.33. The summed E-state index contributed by atoms with van der Waals surface area (Å²) in [5, 5.41) is 13.9. The number of hydrogen-bond donors (Lipinski definition) is 3. The number of urea groups is 1. The summed E-state index contributed by atoms with van der Waals surface area (Å²) in [6.07, 6.45) is 1.08. The molecule has 0 aliphatic rings. The second kappa shape index (κ2) is 7.41. The van der Waals surface area contributed by atoms with Crippen molar-refractivity contribution in [3.8, 4) is 0 Å². The Morgan fingerprint density at radius 2 is 2.11 bits per heavy atom. The number of rotatable bonds is 6. The Morgan fingerprint density at radius 1 is 1.37 bits per heavy atom. The SMILES string of the molecule is CCC(NC(=O)NCCc1cccc(C)c1)C(=O)O. The average Bonchev–Trinajstić information content (AvgIpc) is 2.35. The summed E-state index contributed by atoms with van der Waals surface area (Å²) >= 11 is 0. The van der Waals surface area contributed by atoms with Crippen LogP contribution in [0.25, 0.3) is 0 Å². The fourth-order valence-electron chi connectivity index (χ4n) is 1.74. The molecule has 0 bridgehead atoms. The summed E-state index contributed by atoms with van der Waals surface area (Å²) in [6, 6.07) is 6.77. The van der Waals surface area contributed by atoms with Crippen LogP contribution in [0.3, 0.4) is 0 Å². The number of carboxylic acid groups (broad SMARTS) is 1. The van der Waals surface area contributed by atoms with E-state index in [1.807, 2.05) is 25.1 Å². The lowest BCUT2D eigenvalue weighted by atomic mass is 10.1. The third-order valence-corrected chi connectivity index (χ3v) is 2.79. The molecule has 19 heavy (non-hydrogen) atoms. The van der Waals surface area contributed by atoms with E-state index >= 15 is 0 Å². The van der Waals surface area contributed by atoms with Crippen LogP contribution >= 0.6 is 0 Å². The zero-order valence-corrected chi connectivity index (χ0v) is 11.3.